The number of furan rings is 1. The predicted molar refractivity (Wildman–Crippen MR) is 96.5 cm³/mol. The highest BCUT2D eigenvalue weighted by atomic mass is 79.9. The van der Waals surface area contributed by atoms with Crippen LogP contribution in [0.15, 0.2) is 54.2 Å². The van der Waals surface area contributed by atoms with Crippen molar-refractivity contribution in [2.75, 3.05) is 0 Å². The summed E-state index contributed by atoms with van der Waals surface area (Å²) in [4.78, 5) is 5.75. The van der Waals surface area contributed by atoms with Gasteiger partial charge in [-0.3, -0.25) is 4.99 Å². The molecule has 5 heteroatoms. The van der Waals surface area contributed by atoms with Gasteiger partial charge in [-0.1, -0.05) is 42.6 Å². The summed E-state index contributed by atoms with van der Waals surface area (Å²) in [5.41, 5.74) is 0. The smallest absolute Gasteiger partial charge is 0.179 e. The second-order valence-corrected chi connectivity index (χ2v) is 7.75. The molecular formula is C17H17BrClNOS. The van der Waals surface area contributed by atoms with Crippen LogP contribution in [-0.2, 0) is 0 Å². The van der Waals surface area contributed by atoms with Crippen LogP contribution in [0.5, 0.6) is 0 Å². The van der Waals surface area contributed by atoms with Crippen LogP contribution in [0, 0.1) is 0 Å². The molecule has 2 aromatic rings. The van der Waals surface area contributed by atoms with Gasteiger partial charge in [-0.15, -0.1) is 0 Å². The van der Waals surface area contributed by atoms with Crippen molar-refractivity contribution >= 4 is 45.5 Å². The lowest BCUT2D eigenvalue weighted by Crippen LogP contribution is -2.09. The van der Waals surface area contributed by atoms with Crippen molar-refractivity contribution in [3.63, 3.8) is 0 Å². The van der Waals surface area contributed by atoms with E-state index in [-0.39, 0.29) is 0 Å². The zero-order chi connectivity index (χ0) is 15.4. The Balaban J connectivity index is 1.67. The molecule has 1 aliphatic rings. The number of hydrogen-bond donors (Lipinski definition) is 0. The summed E-state index contributed by atoms with van der Waals surface area (Å²) < 4.78 is 6.83. The van der Waals surface area contributed by atoms with Crippen molar-refractivity contribution in [2.24, 2.45) is 4.99 Å². The van der Waals surface area contributed by atoms with E-state index in [9.17, 15) is 0 Å². The van der Waals surface area contributed by atoms with Gasteiger partial charge in [0, 0.05) is 16.0 Å². The van der Waals surface area contributed by atoms with Crippen molar-refractivity contribution in [1.82, 2.24) is 0 Å². The van der Waals surface area contributed by atoms with Gasteiger partial charge in [0.2, 0.25) is 0 Å². The van der Waals surface area contributed by atoms with Gasteiger partial charge in [-0.2, -0.15) is 0 Å². The second-order valence-electron chi connectivity index (χ2n) is 5.41. The minimum atomic E-state index is 0.463. The first-order chi connectivity index (χ1) is 10.7. The van der Waals surface area contributed by atoms with Crippen molar-refractivity contribution in [1.29, 1.82) is 0 Å². The number of aliphatic imine (C=N–C) groups is 1. The lowest BCUT2D eigenvalue weighted by molar-refractivity contribution is 0.440. The van der Waals surface area contributed by atoms with E-state index in [2.05, 4.69) is 20.9 Å². The topological polar surface area (TPSA) is 25.5 Å². The van der Waals surface area contributed by atoms with E-state index in [0.717, 1.165) is 25.2 Å². The molecule has 0 amide bonds. The average Bonchev–Trinajstić information content (AvgIpc) is 2.89. The molecule has 0 unspecified atom stereocenters. The van der Waals surface area contributed by atoms with Gasteiger partial charge in [0.25, 0.3) is 0 Å². The van der Waals surface area contributed by atoms with Gasteiger partial charge in [0.1, 0.15) is 5.76 Å². The van der Waals surface area contributed by atoms with E-state index in [1.54, 1.807) is 11.8 Å². The Morgan fingerprint density at radius 3 is 2.64 bits per heavy atom. The Hall–Kier alpha value is -0.710. The molecule has 2 nitrogen and oxygen atoms in total. The van der Waals surface area contributed by atoms with Crippen LogP contribution in [0.4, 0.5) is 0 Å². The van der Waals surface area contributed by atoms with Crippen molar-refractivity contribution in [2.45, 2.75) is 48.1 Å². The zero-order valence-electron chi connectivity index (χ0n) is 12.1. The summed E-state index contributed by atoms with van der Waals surface area (Å²) in [6.45, 7) is 0. The first-order valence-corrected chi connectivity index (χ1v) is 9.45. The molecule has 0 radical (unpaired) electrons. The lowest BCUT2D eigenvalue weighted by Gasteiger charge is -2.16. The summed E-state index contributed by atoms with van der Waals surface area (Å²) >= 11 is 11.0. The largest absolute Gasteiger partial charge is 0.447 e. The van der Waals surface area contributed by atoms with Gasteiger partial charge in [-0.25, -0.2) is 0 Å². The van der Waals surface area contributed by atoms with Crippen molar-refractivity contribution in [3.8, 4) is 0 Å². The number of rotatable bonds is 4. The monoisotopic (exact) mass is 397 g/mol. The predicted octanol–water partition coefficient (Wildman–Crippen LogP) is 6.60. The number of nitrogens with zero attached hydrogens (tertiary/aromatic N) is 1. The molecule has 0 bridgehead atoms. The summed E-state index contributed by atoms with van der Waals surface area (Å²) in [5.74, 6) is 0.800. The lowest BCUT2D eigenvalue weighted by atomic mass is 9.96. The van der Waals surface area contributed by atoms with Gasteiger partial charge >= 0.3 is 0 Å². The molecule has 22 heavy (non-hydrogen) atoms. The van der Waals surface area contributed by atoms with Crippen LogP contribution < -0.4 is 0 Å². The third kappa shape index (κ3) is 4.40. The fourth-order valence-corrected chi connectivity index (χ4v) is 3.98. The first-order valence-electron chi connectivity index (χ1n) is 7.46. The zero-order valence-corrected chi connectivity index (χ0v) is 15.3. The molecule has 1 aliphatic carbocycles. The van der Waals surface area contributed by atoms with E-state index < -0.39 is 0 Å². The minimum absolute atomic E-state index is 0.463. The van der Waals surface area contributed by atoms with Crippen LogP contribution in [0.25, 0.3) is 0 Å². The van der Waals surface area contributed by atoms with E-state index in [4.69, 9.17) is 16.0 Å². The van der Waals surface area contributed by atoms with Crippen molar-refractivity contribution < 1.29 is 4.42 Å². The summed E-state index contributed by atoms with van der Waals surface area (Å²) in [6.07, 6.45) is 8.20. The van der Waals surface area contributed by atoms with Crippen LogP contribution >= 0.6 is 39.3 Å². The molecule has 1 heterocycles. The Bertz CT molecular complexity index is 647. The number of benzene rings is 1. The average molecular weight is 399 g/mol. The molecule has 1 aromatic heterocycles. The molecule has 116 valence electrons. The summed E-state index contributed by atoms with van der Waals surface area (Å²) in [5, 5.41) is 1.58. The SMILES string of the molecule is Clc1ccc(Sc2oc(C=NC3CCCCC3)cc2Br)cc1. The maximum atomic E-state index is 5.91. The molecule has 1 saturated carbocycles. The highest BCUT2D eigenvalue weighted by Crippen LogP contribution is 2.36. The highest BCUT2D eigenvalue weighted by molar-refractivity contribution is 9.10. The third-order valence-corrected chi connectivity index (χ3v) is 5.79. The molecule has 0 spiro atoms. The fourth-order valence-electron chi connectivity index (χ4n) is 2.52. The molecule has 0 N–H and O–H groups in total. The van der Waals surface area contributed by atoms with E-state index in [1.165, 1.54) is 32.1 Å². The van der Waals surface area contributed by atoms with Crippen LogP contribution in [0.3, 0.4) is 0 Å². The van der Waals surface area contributed by atoms with E-state index in [1.807, 2.05) is 36.5 Å². The second kappa shape index (κ2) is 7.71. The van der Waals surface area contributed by atoms with Gasteiger partial charge in [0.05, 0.1) is 16.7 Å². The van der Waals surface area contributed by atoms with Crippen LogP contribution in [0.2, 0.25) is 5.02 Å². The van der Waals surface area contributed by atoms with E-state index in [0.29, 0.717) is 6.04 Å². The molecule has 3 rings (SSSR count). The third-order valence-electron chi connectivity index (χ3n) is 3.69. The molecule has 1 fully saturated rings. The standard InChI is InChI=1S/C17H17BrClNOS/c18-16-10-14(11-20-13-4-2-1-3-5-13)21-17(16)22-15-8-6-12(19)7-9-15/h6-11,13H,1-5H2. The number of halogens is 2. The first kappa shape index (κ1) is 16.2. The molecule has 0 aliphatic heterocycles. The Kier molecular flexibility index (Phi) is 5.66. The summed E-state index contributed by atoms with van der Waals surface area (Å²) in [7, 11) is 0. The maximum Gasteiger partial charge on any atom is 0.179 e. The molecule has 1 aromatic carbocycles. The number of hydrogen-bond acceptors (Lipinski definition) is 3. The fraction of sp³-hybridized carbons (Fsp3) is 0.353. The Morgan fingerprint density at radius 2 is 1.91 bits per heavy atom. The molecular weight excluding hydrogens is 382 g/mol. The summed E-state index contributed by atoms with van der Waals surface area (Å²) in [6, 6.07) is 10.2. The quantitative estimate of drug-likeness (QED) is 0.542. The van der Waals surface area contributed by atoms with Crippen molar-refractivity contribution in [3.05, 3.63) is 45.6 Å². The van der Waals surface area contributed by atoms with Crippen LogP contribution in [-0.4, -0.2) is 12.3 Å². The Labute approximate surface area is 148 Å². The molecule has 0 saturated heterocycles. The highest BCUT2D eigenvalue weighted by Gasteiger charge is 2.13. The van der Waals surface area contributed by atoms with Gasteiger partial charge < -0.3 is 4.42 Å². The Morgan fingerprint density at radius 1 is 1.18 bits per heavy atom. The van der Waals surface area contributed by atoms with E-state index >= 15 is 0 Å². The normalized spacial score (nSPS) is 16.5. The molecule has 0 atom stereocenters. The van der Waals surface area contributed by atoms with Crippen LogP contribution in [0.1, 0.15) is 37.9 Å². The van der Waals surface area contributed by atoms with Gasteiger partial charge in [0.15, 0.2) is 5.09 Å². The van der Waals surface area contributed by atoms with Gasteiger partial charge in [-0.05, 0) is 53.0 Å². The maximum absolute atomic E-state index is 5.91. The minimum Gasteiger partial charge on any atom is -0.447 e.